The molecule has 0 N–H and O–H groups in total. The molecule has 4 nitrogen and oxygen atoms in total. The van der Waals surface area contributed by atoms with E-state index >= 15 is 0 Å². The molecule has 0 bridgehead atoms. The van der Waals surface area contributed by atoms with Crippen molar-refractivity contribution in [2.45, 2.75) is 59.3 Å². The Morgan fingerprint density at radius 1 is 0.450 bits per heavy atom. The van der Waals surface area contributed by atoms with Gasteiger partial charge in [-0.3, -0.25) is 4.90 Å². The van der Waals surface area contributed by atoms with Gasteiger partial charge in [0.25, 0.3) is 0 Å². The van der Waals surface area contributed by atoms with Crippen LogP contribution in [-0.2, 0) is 10.8 Å². The van der Waals surface area contributed by atoms with E-state index in [1.54, 1.807) is 0 Å². The average molecular weight is 779 g/mol. The van der Waals surface area contributed by atoms with Crippen LogP contribution in [0.3, 0.4) is 0 Å². The Bertz CT molecular complexity index is 3120. The molecule has 0 fully saturated rings. The van der Waals surface area contributed by atoms with E-state index in [-0.39, 0.29) is 17.5 Å². The molecule has 2 aliphatic heterocycles. The molecule has 0 spiro atoms. The van der Waals surface area contributed by atoms with Crippen LogP contribution < -0.4 is 26.4 Å². The number of nitrogens with zero attached hydrogens (tertiary/aromatic N) is 2. The number of anilines is 6. The number of hydrogen-bond donors (Lipinski definition) is 0. The number of aryl methyl sites for hydroxylation is 1. The summed E-state index contributed by atoms with van der Waals surface area (Å²) in [5.41, 5.74) is 19.1. The van der Waals surface area contributed by atoms with Crippen LogP contribution in [0.1, 0.15) is 58.2 Å². The van der Waals surface area contributed by atoms with Gasteiger partial charge in [-0.15, -0.1) is 0 Å². The Balaban J connectivity index is 1.16. The molecular weight excluding hydrogens is 731 g/mol. The molecule has 11 rings (SSSR count). The van der Waals surface area contributed by atoms with Crippen molar-refractivity contribution in [3.63, 3.8) is 0 Å². The zero-order valence-corrected chi connectivity index (χ0v) is 35.3. The van der Waals surface area contributed by atoms with Gasteiger partial charge in [0.1, 0.15) is 11.2 Å². The van der Waals surface area contributed by atoms with Crippen LogP contribution in [0.5, 0.6) is 0 Å². The summed E-state index contributed by atoms with van der Waals surface area (Å²) >= 11 is 0. The van der Waals surface area contributed by atoms with Gasteiger partial charge >= 0.3 is 6.71 Å². The van der Waals surface area contributed by atoms with Gasteiger partial charge in [0.15, 0.2) is 0 Å². The van der Waals surface area contributed by atoms with Gasteiger partial charge in [-0.25, -0.2) is 0 Å². The van der Waals surface area contributed by atoms with E-state index in [1.807, 2.05) is 0 Å². The van der Waals surface area contributed by atoms with Crippen molar-refractivity contribution in [1.29, 1.82) is 0 Å². The number of fused-ring (bicyclic) bond motifs is 8. The van der Waals surface area contributed by atoms with Crippen LogP contribution in [0.25, 0.3) is 44.2 Å². The van der Waals surface area contributed by atoms with Crippen LogP contribution in [0.4, 0.5) is 34.3 Å². The Morgan fingerprint density at radius 3 is 1.68 bits per heavy atom. The Hall–Kier alpha value is -6.72. The summed E-state index contributed by atoms with van der Waals surface area (Å²) in [4.78, 5) is 4.79. The first-order valence-corrected chi connectivity index (χ1v) is 21.1. The zero-order chi connectivity index (χ0) is 41.1. The maximum atomic E-state index is 7.20. The topological polar surface area (TPSA) is 32.8 Å². The van der Waals surface area contributed by atoms with Crippen molar-refractivity contribution < 1.29 is 8.83 Å². The van der Waals surface area contributed by atoms with Gasteiger partial charge in [-0.05, 0) is 117 Å². The molecule has 0 saturated carbocycles. The normalized spacial score (nSPS) is 13.5. The second-order valence-corrected chi connectivity index (χ2v) is 18.7. The quantitative estimate of drug-likeness (QED) is 0.167. The summed E-state index contributed by atoms with van der Waals surface area (Å²) in [7, 11) is 0. The van der Waals surface area contributed by atoms with Crippen molar-refractivity contribution in [2.75, 3.05) is 9.80 Å². The molecule has 2 aromatic heterocycles. The third-order valence-electron chi connectivity index (χ3n) is 12.6. The summed E-state index contributed by atoms with van der Waals surface area (Å²) in [6.45, 7) is 15.6. The molecule has 0 atom stereocenters. The summed E-state index contributed by atoms with van der Waals surface area (Å²) in [5, 5.41) is 2.18. The molecule has 4 heterocycles. The highest BCUT2D eigenvalue weighted by molar-refractivity contribution is 7.01. The molecule has 0 amide bonds. The van der Waals surface area contributed by atoms with E-state index in [9.17, 15) is 0 Å². The Kier molecular flexibility index (Phi) is 7.97. The Labute approximate surface area is 352 Å². The monoisotopic (exact) mass is 778 g/mol. The number of rotatable bonds is 4. The van der Waals surface area contributed by atoms with E-state index in [4.69, 9.17) is 8.83 Å². The minimum Gasteiger partial charge on any atom is -0.468 e. The lowest BCUT2D eigenvalue weighted by atomic mass is 9.35. The van der Waals surface area contributed by atoms with Crippen LogP contribution in [0.15, 0.2) is 167 Å². The maximum Gasteiger partial charge on any atom is 0.302 e. The lowest BCUT2D eigenvalue weighted by Crippen LogP contribution is -2.60. The second kappa shape index (κ2) is 13.1. The SMILES string of the molecule is Cc1cc2c3c(c1)N(c1ccccc1)c1c(oc4ccc(-c5ccc(C(C)(C)C)cc5)cc14)B3c1c(oc3ccccc13)N2c1cccc(-c2ccc(C(C)(C)C)cc2)c1. The van der Waals surface area contributed by atoms with Crippen LogP contribution in [0.2, 0.25) is 0 Å². The van der Waals surface area contributed by atoms with Gasteiger partial charge < -0.3 is 13.7 Å². The van der Waals surface area contributed by atoms with Crippen molar-refractivity contribution >= 4 is 79.6 Å². The Morgan fingerprint density at radius 2 is 1.02 bits per heavy atom. The summed E-state index contributed by atoms with van der Waals surface area (Å²) < 4.78 is 14.2. The van der Waals surface area contributed by atoms with Gasteiger partial charge in [-0.2, -0.15) is 0 Å². The number of benzene rings is 7. The smallest absolute Gasteiger partial charge is 0.302 e. The number of hydrogen-bond acceptors (Lipinski definition) is 4. The number of furan rings is 2. The summed E-state index contributed by atoms with van der Waals surface area (Å²) in [5.74, 6) is 0.824. The molecule has 0 radical (unpaired) electrons. The molecular formula is C55H47BN2O2. The first-order chi connectivity index (χ1) is 28.9. The van der Waals surface area contributed by atoms with Gasteiger partial charge in [0.2, 0.25) is 5.88 Å². The largest absolute Gasteiger partial charge is 0.468 e. The fourth-order valence-electron chi connectivity index (χ4n) is 9.52. The summed E-state index contributed by atoms with van der Waals surface area (Å²) in [6.07, 6.45) is 0. The molecule has 5 heteroatoms. The van der Waals surface area contributed by atoms with Crippen molar-refractivity contribution in [1.82, 2.24) is 0 Å². The first-order valence-electron chi connectivity index (χ1n) is 21.1. The van der Waals surface area contributed by atoms with E-state index in [2.05, 4.69) is 216 Å². The molecule has 292 valence electrons. The molecule has 7 aromatic carbocycles. The minimum absolute atomic E-state index is 0.0829. The lowest BCUT2D eigenvalue weighted by Gasteiger charge is -2.40. The van der Waals surface area contributed by atoms with Crippen molar-refractivity contribution in [3.05, 3.63) is 174 Å². The minimum atomic E-state index is -0.212. The lowest BCUT2D eigenvalue weighted by molar-refractivity contribution is 0.590. The van der Waals surface area contributed by atoms with Crippen molar-refractivity contribution in [2.24, 2.45) is 0 Å². The van der Waals surface area contributed by atoms with E-state index < -0.39 is 0 Å². The van der Waals surface area contributed by atoms with Crippen LogP contribution in [0, 0.1) is 6.92 Å². The average Bonchev–Trinajstić information content (AvgIpc) is 3.82. The third kappa shape index (κ3) is 5.67. The first kappa shape index (κ1) is 36.4. The molecule has 9 aromatic rings. The van der Waals surface area contributed by atoms with Gasteiger partial charge in [0.05, 0.1) is 11.3 Å². The van der Waals surface area contributed by atoms with E-state index in [1.165, 1.54) is 27.7 Å². The van der Waals surface area contributed by atoms with E-state index in [0.29, 0.717) is 0 Å². The van der Waals surface area contributed by atoms with Gasteiger partial charge in [0, 0.05) is 39.0 Å². The molecule has 0 aliphatic carbocycles. The number of para-hydroxylation sites is 2. The predicted octanol–water partition coefficient (Wildman–Crippen LogP) is 13.5. The highest BCUT2D eigenvalue weighted by Gasteiger charge is 2.49. The highest BCUT2D eigenvalue weighted by Crippen LogP contribution is 2.49. The fourth-order valence-corrected chi connectivity index (χ4v) is 9.52. The van der Waals surface area contributed by atoms with Crippen LogP contribution in [-0.4, -0.2) is 6.71 Å². The predicted molar refractivity (Wildman–Crippen MR) is 253 cm³/mol. The fraction of sp³-hybridized carbons (Fsp3) is 0.164. The molecule has 0 unspecified atom stereocenters. The maximum absolute atomic E-state index is 7.20. The molecule has 0 saturated heterocycles. The van der Waals surface area contributed by atoms with E-state index in [0.717, 1.165) is 84.1 Å². The van der Waals surface area contributed by atoms with Crippen molar-refractivity contribution in [3.8, 4) is 22.3 Å². The third-order valence-corrected chi connectivity index (χ3v) is 12.6. The highest BCUT2D eigenvalue weighted by atomic mass is 16.4. The zero-order valence-electron chi connectivity index (χ0n) is 35.3. The van der Waals surface area contributed by atoms with Gasteiger partial charge in [-0.1, -0.05) is 145 Å². The molecule has 2 aliphatic rings. The second-order valence-electron chi connectivity index (χ2n) is 18.7. The molecule has 60 heavy (non-hydrogen) atoms. The standard InChI is InChI=1S/C55H47BN2O2/c1-34-30-45-50-46(31-34)58(42-17-13-14-37(32-42)35-20-25-39(26-21-35)54(2,3)4)53-49(43-18-11-12-19-47(43)60-53)56(50)52-51(57(45)41-15-9-8-10-16-41)44-33-38(24-29-48(44)59-52)36-22-27-40(28-23-36)55(5,6)7/h8-33H,1-7H3. The summed E-state index contributed by atoms with van der Waals surface area (Å²) in [6, 6.07) is 57.5. The van der Waals surface area contributed by atoms with Crippen LogP contribution >= 0.6 is 0 Å².